The summed E-state index contributed by atoms with van der Waals surface area (Å²) in [6.07, 6.45) is 5.65. The van der Waals surface area contributed by atoms with Gasteiger partial charge in [0.15, 0.2) is 0 Å². The number of nitrogens with zero attached hydrogens (tertiary/aromatic N) is 1. The van der Waals surface area contributed by atoms with E-state index in [9.17, 15) is 0 Å². The molecule has 2 fully saturated rings. The first-order chi connectivity index (χ1) is 6.33. The topological polar surface area (TPSA) is 54.7 Å². The first-order valence-electron chi connectivity index (χ1n) is 5.13. The average Bonchev–Trinajstić information content (AvgIpc) is 2.77. The Hall–Kier alpha value is -0.990. The number of aromatic amines is 1. The van der Waals surface area contributed by atoms with Crippen LogP contribution in [0.2, 0.25) is 0 Å². The van der Waals surface area contributed by atoms with Gasteiger partial charge in [-0.05, 0) is 31.1 Å². The molecule has 3 nitrogen and oxygen atoms in total. The summed E-state index contributed by atoms with van der Waals surface area (Å²) in [6.45, 7) is 0. The second kappa shape index (κ2) is 2.50. The van der Waals surface area contributed by atoms with Gasteiger partial charge in [0.25, 0.3) is 0 Å². The zero-order valence-electron chi connectivity index (χ0n) is 7.66. The Kier molecular flexibility index (Phi) is 1.43. The highest BCUT2D eigenvalue weighted by atomic mass is 15.2. The van der Waals surface area contributed by atoms with Gasteiger partial charge in [-0.3, -0.25) is 5.10 Å². The molecule has 2 aliphatic carbocycles. The smallest absolute Gasteiger partial charge is 0.145 e. The monoisotopic (exact) mass is 177 g/mol. The van der Waals surface area contributed by atoms with Gasteiger partial charge in [0, 0.05) is 17.7 Å². The van der Waals surface area contributed by atoms with Gasteiger partial charge in [0.05, 0.1) is 0 Å². The predicted molar refractivity (Wildman–Crippen MR) is 51.2 cm³/mol. The molecule has 3 heteroatoms. The van der Waals surface area contributed by atoms with Crippen molar-refractivity contribution in [1.82, 2.24) is 10.2 Å². The van der Waals surface area contributed by atoms with Gasteiger partial charge in [-0.15, -0.1) is 0 Å². The Morgan fingerprint density at radius 2 is 2.31 bits per heavy atom. The summed E-state index contributed by atoms with van der Waals surface area (Å²) in [5.41, 5.74) is 6.87. The van der Waals surface area contributed by atoms with Gasteiger partial charge in [-0.1, -0.05) is 6.42 Å². The molecule has 1 aromatic rings. The highest BCUT2D eigenvalue weighted by molar-refractivity contribution is 5.31. The van der Waals surface area contributed by atoms with Crippen molar-refractivity contribution in [3.63, 3.8) is 0 Å². The van der Waals surface area contributed by atoms with E-state index in [2.05, 4.69) is 10.2 Å². The van der Waals surface area contributed by atoms with Crippen LogP contribution < -0.4 is 5.73 Å². The number of nitrogens with one attached hydrogen (secondary N) is 1. The number of fused-ring (bicyclic) bond motifs is 2. The third kappa shape index (κ3) is 1.06. The lowest BCUT2D eigenvalue weighted by atomic mass is 9.86. The Labute approximate surface area is 77.7 Å². The molecule has 1 heterocycles. The summed E-state index contributed by atoms with van der Waals surface area (Å²) in [7, 11) is 0. The normalized spacial score (nSPS) is 37.1. The molecule has 3 N–H and O–H groups in total. The highest BCUT2D eigenvalue weighted by Gasteiger charge is 2.40. The fourth-order valence-corrected chi connectivity index (χ4v) is 3.17. The zero-order valence-corrected chi connectivity index (χ0v) is 7.66. The third-order valence-corrected chi connectivity index (χ3v) is 3.76. The first-order valence-corrected chi connectivity index (χ1v) is 5.13. The molecular weight excluding hydrogens is 162 g/mol. The second-order valence-electron chi connectivity index (χ2n) is 4.53. The van der Waals surface area contributed by atoms with Crippen LogP contribution in [-0.4, -0.2) is 10.2 Å². The molecule has 1 aromatic heterocycles. The molecule has 0 radical (unpaired) electrons. The van der Waals surface area contributed by atoms with E-state index < -0.39 is 0 Å². The number of aromatic nitrogens is 2. The minimum atomic E-state index is 0.637. The van der Waals surface area contributed by atoms with Crippen LogP contribution in [0.25, 0.3) is 0 Å². The fourth-order valence-electron chi connectivity index (χ4n) is 3.17. The summed E-state index contributed by atoms with van der Waals surface area (Å²) in [6, 6.07) is 2.01. The Bertz CT molecular complexity index is 318. The van der Waals surface area contributed by atoms with Gasteiger partial charge in [0.2, 0.25) is 0 Å². The number of nitrogens with two attached hydrogens (primary N) is 1. The Balaban J connectivity index is 1.87. The molecule has 3 rings (SSSR count). The van der Waals surface area contributed by atoms with E-state index in [-0.39, 0.29) is 0 Å². The molecule has 13 heavy (non-hydrogen) atoms. The van der Waals surface area contributed by atoms with E-state index in [1.165, 1.54) is 31.4 Å². The van der Waals surface area contributed by atoms with Gasteiger partial charge in [-0.2, -0.15) is 5.10 Å². The molecule has 0 amide bonds. The first kappa shape index (κ1) is 7.42. The minimum Gasteiger partial charge on any atom is -0.382 e. The molecule has 2 bridgehead atoms. The van der Waals surface area contributed by atoms with Gasteiger partial charge >= 0.3 is 0 Å². The molecule has 2 saturated carbocycles. The Morgan fingerprint density at radius 1 is 1.38 bits per heavy atom. The second-order valence-corrected chi connectivity index (χ2v) is 4.53. The number of hydrogen-bond donors (Lipinski definition) is 2. The Morgan fingerprint density at radius 3 is 2.85 bits per heavy atom. The molecule has 0 spiro atoms. The minimum absolute atomic E-state index is 0.637. The van der Waals surface area contributed by atoms with Crippen molar-refractivity contribution in [2.24, 2.45) is 11.8 Å². The fraction of sp³-hybridized carbons (Fsp3) is 0.700. The van der Waals surface area contributed by atoms with Crippen LogP contribution in [0.15, 0.2) is 6.07 Å². The summed E-state index contributed by atoms with van der Waals surface area (Å²) in [4.78, 5) is 0. The maximum Gasteiger partial charge on any atom is 0.145 e. The van der Waals surface area contributed by atoms with Crippen LogP contribution >= 0.6 is 0 Å². The van der Waals surface area contributed by atoms with E-state index >= 15 is 0 Å². The maximum atomic E-state index is 5.60. The van der Waals surface area contributed by atoms with E-state index in [1.807, 2.05) is 6.07 Å². The van der Waals surface area contributed by atoms with Crippen molar-refractivity contribution >= 4 is 5.82 Å². The number of rotatable bonds is 1. The largest absolute Gasteiger partial charge is 0.382 e. The van der Waals surface area contributed by atoms with Crippen molar-refractivity contribution in [2.75, 3.05) is 5.73 Å². The van der Waals surface area contributed by atoms with Crippen LogP contribution in [0.3, 0.4) is 0 Å². The third-order valence-electron chi connectivity index (χ3n) is 3.76. The zero-order chi connectivity index (χ0) is 8.84. The maximum absolute atomic E-state index is 5.60. The van der Waals surface area contributed by atoms with E-state index in [4.69, 9.17) is 5.73 Å². The lowest BCUT2D eigenvalue weighted by Crippen LogP contribution is -2.08. The van der Waals surface area contributed by atoms with Crippen LogP contribution in [-0.2, 0) is 0 Å². The number of anilines is 1. The summed E-state index contributed by atoms with van der Waals surface area (Å²) in [5.74, 6) is 3.26. The molecule has 2 aliphatic rings. The molecule has 0 aliphatic heterocycles. The highest BCUT2D eigenvalue weighted by Crippen LogP contribution is 2.52. The SMILES string of the molecule is Nc1cc([C@@H]2C[C@H]3CC[C@H]2C3)[nH]n1. The summed E-state index contributed by atoms with van der Waals surface area (Å²) in [5, 5.41) is 7.05. The molecular formula is C10H15N3. The van der Waals surface area contributed by atoms with Crippen LogP contribution in [0.1, 0.15) is 37.3 Å². The molecule has 70 valence electrons. The quantitative estimate of drug-likeness (QED) is 0.688. The predicted octanol–water partition coefficient (Wildman–Crippen LogP) is 1.90. The van der Waals surface area contributed by atoms with Crippen molar-refractivity contribution < 1.29 is 0 Å². The van der Waals surface area contributed by atoms with Crippen molar-refractivity contribution in [3.8, 4) is 0 Å². The van der Waals surface area contributed by atoms with Gasteiger partial charge < -0.3 is 5.73 Å². The van der Waals surface area contributed by atoms with E-state index in [1.54, 1.807) is 0 Å². The van der Waals surface area contributed by atoms with Crippen LogP contribution in [0, 0.1) is 11.8 Å². The van der Waals surface area contributed by atoms with Gasteiger partial charge in [0.1, 0.15) is 5.82 Å². The van der Waals surface area contributed by atoms with Crippen molar-refractivity contribution in [1.29, 1.82) is 0 Å². The number of H-pyrrole nitrogens is 1. The molecule has 0 unspecified atom stereocenters. The van der Waals surface area contributed by atoms with Gasteiger partial charge in [-0.25, -0.2) is 0 Å². The lowest BCUT2D eigenvalue weighted by molar-refractivity contribution is 0.413. The molecule has 0 aromatic carbocycles. The summed E-state index contributed by atoms with van der Waals surface area (Å²) < 4.78 is 0. The molecule has 3 atom stereocenters. The average molecular weight is 177 g/mol. The van der Waals surface area contributed by atoms with Crippen LogP contribution in [0.4, 0.5) is 5.82 Å². The number of hydrogen-bond acceptors (Lipinski definition) is 2. The lowest BCUT2D eigenvalue weighted by Gasteiger charge is -2.19. The standard InChI is InChI=1S/C10H15N3/c11-10-5-9(12-13-10)8-4-6-1-2-7(8)3-6/h5-8H,1-4H2,(H3,11,12,13)/t6-,7-,8+/m0/s1. The number of nitrogen functional groups attached to an aromatic ring is 1. The van der Waals surface area contributed by atoms with Crippen molar-refractivity contribution in [2.45, 2.75) is 31.6 Å². The van der Waals surface area contributed by atoms with E-state index in [0.29, 0.717) is 5.82 Å². The van der Waals surface area contributed by atoms with Crippen molar-refractivity contribution in [3.05, 3.63) is 11.8 Å². The summed E-state index contributed by atoms with van der Waals surface area (Å²) >= 11 is 0. The van der Waals surface area contributed by atoms with Crippen LogP contribution in [0.5, 0.6) is 0 Å². The van der Waals surface area contributed by atoms with E-state index in [0.717, 1.165) is 17.8 Å². The molecule has 0 saturated heterocycles.